The van der Waals surface area contributed by atoms with Crippen LogP contribution in [0.1, 0.15) is 11.3 Å². The van der Waals surface area contributed by atoms with E-state index in [1.54, 1.807) is 12.1 Å². The summed E-state index contributed by atoms with van der Waals surface area (Å²) < 4.78 is 0. The molecule has 1 rings (SSSR count). The van der Waals surface area contributed by atoms with Crippen molar-refractivity contribution in [3.63, 3.8) is 0 Å². The molecular weight excluding hydrogens is 184 g/mol. The van der Waals surface area contributed by atoms with E-state index in [-0.39, 0.29) is 5.84 Å². The van der Waals surface area contributed by atoms with Gasteiger partial charge >= 0.3 is 6.09 Å². The van der Waals surface area contributed by atoms with Crippen molar-refractivity contribution in [2.24, 2.45) is 16.5 Å². The zero-order chi connectivity index (χ0) is 10.6. The predicted molar refractivity (Wildman–Crippen MR) is 50.9 cm³/mol. The highest BCUT2D eigenvalue weighted by Gasteiger charge is 2.02. The SMILES string of the molecule is NCc1ccc(C(N)=NC(=O)O)nc1. The number of aromatic nitrogens is 1. The minimum Gasteiger partial charge on any atom is -0.463 e. The Morgan fingerprint density at radius 2 is 2.29 bits per heavy atom. The van der Waals surface area contributed by atoms with Crippen LogP contribution in [-0.4, -0.2) is 22.0 Å². The van der Waals surface area contributed by atoms with Gasteiger partial charge in [0.2, 0.25) is 0 Å². The maximum Gasteiger partial charge on any atom is 0.433 e. The summed E-state index contributed by atoms with van der Waals surface area (Å²) >= 11 is 0. The minimum absolute atomic E-state index is 0.124. The maximum absolute atomic E-state index is 10.2. The Labute approximate surface area is 80.3 Å². The van der Waals surface area contributed by atoms with Gasteiger partial charge in [0.25, 0.3) is 0 Å². The Bertz CT molecular complexity index is 358. The number of rotatable bonds is 2. The van der Waals surface area contributed by atoms with Crippen LogP contribution in [0.15, 0.2) is 23.3 Å². The number of pyridine rings is 1. The molecule has 74 valence electrons. The fourth-order valence-corrected chi connectivity index (χ4v) is 0.857. The number of amides is 1. The molecule has 6 heteroatoms. The summed E-state index contributed by atoms with van der Waals surface area (Å²) in [4.78, 5) is 17.2. The molecule has 1 aromatic heterocycles. The normalized spacial score (nSPS) is 11.4. The van der Waals surface area contributed by atoms with Gasteiger partial charge in [-0.15, -0.1) is 0 Å². The van der Waals surface area contributed by atoms with Gasteiger partial charge in [0.15, 0.2) is 5.84 Å². The fourth-order valence-electron chi connectivity index (χ4n) is 0.857. The van der Waals surface area contributed by atoms with Gasteiger partial charge in [-0.25, -0.2) is 4.79 Å². The van der Waals surface area contributed by atoms with E-state index in [1.165, 1.54) is 6.20 Å². The van der Waals surface area contributed by atoms with E-state index in [0.717, 1.165) is 5.56 Å². The van der Waals surface area contributed by atoms with Crippen LogP contribution >= 0.6 is 0 Å². The van der Waals surface area contributed by atoms with Crippen LogP contribution in [0.2, 0.25) is 0 Å². The van der Waals surface area contributed by atoms with Gasteiger partial charge in [-0.05, 0) is 11.6 Å². The van der Waals surface area contributed by atoms with Gasteiger partial charge in [-0.2, -0.15) is 4.99 Å². The highest BCUT2D eigenvalue weighted by molar-refractivity contribution is 6.00. The Kier molecular flexibility index (Phi) is 3.14. The van der Waals surface area contributed by atoms with Crippen LogP contribution < -0.4 is 11.5 Å². The summed E-state index contributed by atoms with van der Waals surface area (Å²) in [6, 6.07) is 3.29. The first-order valence-electron chi connectivity index (χ1n) is 3.86. The average Bonchev–Trinajstić information content (AvgIpc) is 2.17. The Morgan fingerprint density at radius 1 is 1.57 bits per heavy atom. The molecule has 0 saturated carbocycles. The molecule has 0 atom stereocenters. The molecule has 0 aliphatic carbocycles. The van der Waals surface area contributed by atoms with E-state index in [2.05, 4.69) is 9.98 Å². The van der Waals surface area contributed by atoms with Gasteiger partial charge in [0.1, 0.15) is 5.69 Å². The summed E-state index contributed by atoms with van der Waals surface area (Å²) in [5, 5.41) is 8.33. The van der Waals surface area contributed by atoms with Crippen molar-refractivity contribution >= 4 is 11.9 Å². The molecule has 0 spiro atoms. The van der Waals surface area contributed by atoms with E-state index < -0.39 is 6.09 Å². The number of nitrogens with zero attached hydrogens (tertiary/aromatic N) is 2. The molecule has 6 nitrogen and oxygen atoms in total. The average molecular weight is 194 g/mol. The maximum atomic E-state index is 10.2. The fraction of sp³-hybridized carbons (Fsp3) is 0.125. The Balaban J connectivity index is 2.92. The van der Waals surface area contributed by atoms with E-state index in [1.807, 2.05) is 0 Å². The Morgan fingerprint density at radius 3 is 2.71 bits per heavy atom. The van der Waals surface area contributed by atoms with Crippen LogP contribution in [0, 0.1) is 0 Å². The predicted octanol–water partition coefficient (Wildman–Crippen LogP) is -0.0764. The largest absolute Gasteiger partial charge is 0.463 e. The van der Waals surface area contributed by atoms with Crippen LogP contribution in [0.25, 0.3) is 0 Å². The second-order valence-corrected chi connectivity index (χ2v) is 2.54. The number of amidine groups is 1. The van der Waals surface area contributed by atoms with Crippen molar-refractivity contribution in [2.75, 3.05) is 0 Å². The molecule has 0 aliphatic heterocycles. The van der Waals surface area contributed by atoms with Crippen molar-refractivity contribution in [2.45, 2.75) is 6.54 Å². The minimum atomic E-state index is -1.34. The smallest absolute Gasteiger partial charge is 0.433 e. The van der Waals surface area contributed by atoms with Gasteiger partial charge in [0.05, 0.1) is 0 Å². The van der Waals surface area contributed by atoms with Crippen molar-refractivity contribution in [3.05, 3.63) is 29.6 Å². The number of hydrogen-bond donors (Lipinski definition) is 3. The molecule has 0 bridgehead atoms. The lowest BCUT2D eigenvalue weighted by Crippen LogP contribution is -2.17. The lowest BCUT2D eigenvalue weighted by Gasteiger charge is -1.99. The summed E-state index contributed by atoms with van der Waals surface area (Å²) in [6.45, 7) is 0.378. The summed E-state index contributed by atoms with van der Waals surface area (Å²) in [7, 11) is 0. The molecule has 0 unspecified atom stereocenters. The number of carbonyl (C=O) groups is 1. The summed E-state index contributed by atoms with van der Waals surface area (Å²) in [5.41, 5.74) is 11.9. The molecular formula is C8H10N4O2. The molecule has 0 aliphatic rings. The number of aliphatic imine (C=N–C) groups is 1. The lowest BCUT2D eigenvalue weighted by molar-refractivity contribution is 0.205. The van der Waals surface area contributed by atoms with Crippen molar-refractivity contribution in [1.82, 2.24) is 4.98 Å². The standard InChI is InChI=1S/C8H10N4O2/c9-3-5-1-2-6(11-4-5)7(10)12-8(13)14/h1-2,4H,3,9H2,(H2,10,12)(H,13,14). The third kappa shape index (κ3) is 2.53. The van der Waals surface area contributed by atoms with Crippen LogP contribution in [-0.2, 0) is 6.54 Å². The first kappa shape index (κ1) is 10.1. The molecule has 5 N–H and O–H groups in total. The molecule has 1 heterocycles. The van der Waals surface area contributed by atoms with Gasteiger partial charge in [-0.1, -0.05) is 6.07 Å². The Hall–Kier alpha value is -1.95. The van der Waals surface area contributed by atoms with Gasteiger partial charge in [0, 0.05) is 12.7 Å². The zero-order valence-corrected chi connectivity index (χ0v) is 7.34. The molecule has 1 amide bonds. The van der Waals surface area contributed by atoms with Crippen molar-refractivity contribution in [3.8, 4) is 0 Å². The van der Waals surface area contributed by atoms with E-state index in [9.17, 15) is 4.79 Å². The van der Waals surface area contributed by atoms with E-state index >= 15 is 0 Å². The van der Waals surface area contributed by atoms with Crippen LogP contribution in [0.3, 0.4) is 0 Å². The van der Waals surface area contributed by atoms with Crippen LogP contribution in [0.4, 0.5) is 4.79 Å². The summed E-state index contributed by atoms with van der Waals surface area (Å²) in [5.74, 6) is -0.124. The second-order valence-electron chi connectivity index (χ2n) is 2.54. The van der Waals surface area contributed by atoms with E-state index in [4.69, 9.17) is 16.6 Å². The monoisotopic (exact) mass is 194 g/mol. The van der Waals surface area contributed by atoms with E-state index in [0.29, 0.717) is 12.2 Å². The van der Waals surface area contributed by atoms with Gasteiger partial charge < -0.3 is 16.6 Å². The first-order valence-corrected chi connectivity index (χ1v) is 3.86. The van der Waals surface area contributed by atoms with Gasteiger partial charge in [-0.3, -0.25) is 4.98 Å². The van der Waals surface area contributed by atoms with Crippen LogP contribution in [0.5, 0.6) is 0 Å². The molecule has 14 heavy (non-hydrogen) atoms. The topological polar surface area (TPSA) is 115 Å². The second kappa shape index (κ2) is 4.33. The quantitative estimate of drug-likeness (QED) is 0.450. The third-order valence-electron chi connectivity index (χ3n) is 1.54. The highest BCUT2D eigenvalue weighted by Crippen LogP contribution is 1.99. The molecule has 0 fully saturated rings. The number of hydrogen-bond acceptors (Lipinski definition) is 3. The summed E-state index contributed by atoms with van der Waals surface area (Å²) in [6.07, 6.45) is 0.187. The number of carboxylic acid groups (broad SMARTS) is 1. The van der Waals surface area contributed by atoms with Crippen molar-refractivity contribution < 1.29 is 9.90 Å². The van der Waals surface area contributed by atoms with Crippen molar-refractivity contribution in [1.29, 1.82) is 0 Å². The lowest BCUT2D eigenvalue weighted by atomic mass is 10.2. The first-order chi connectivity index (χ1) is 6.63. The third-order valence-corrected chi connectivity index (χ3v) is 1.54. The number of nitrogens with two attached hydrogens (primary N) is 2. The molecule has 0 aromatic carbocycles. The highest BCUT2D eigenvalue weighted by atomic mass is 16.4. The molecule has 0 radical (unpaired) electrons. The zero-order valence-electron chi connectivity index (χ0n) is 7.34. The molecule has 0 saturated heterocycles. The molecule has 1 aromatic rings.